The predicted molar refractivity (Wildman–Crippen MR) is 86.6 cm³/mol. The van der Waals surface area contributed by atoms with Gasteiger partial charge in [0.15, 0.2) is 0 Å². The van der Waals surface area contributed by atoms with Crippen molar-refractivity contribution < 1.29 is 71.6 Å². The Morgan fingerprint density at radius 2 is 1.89 bits per heavy atom. The van der Waals surface area contributed by atoms with E-state index in [1.54, 1.807) is 0 Å². The first-order chi connectivity index (χ1) is 12.2. The van der Waals surface area contributed by atoms with Crippen LogP contribution in [0.1, 0.15) is 11.7 Å². The fourth-order valence-electron chi connectivity index (χ4n) is 2.56. The molecule has 0 bridgehead atoms. The van der Waals surface area contributed by atoms with Crippen LogP contribution in [0.3, 0.4) is 0 Å². The molecule has 1 aliphatic heterocycles. The number of carbonyl (C=O) groups is 1. The molecule has 1 aromatic rings. The third-order valence-electron chi connectivity index (χ3n) is 3.79. The second-order valence-electron chi connectivity index (χ2n) is 5.54. The van der Waals surface area contributed by atoms with Crippen LogP contribution in [0.15, 0.2) is 36.9 Å². The van der Waals surface area contributed by atoms with Crippen molar-refractivity contribution >= 4 is 22.0 Å². The molecule has 0 aliphatic carbocycles. The van der Waals surface area contributed by atoms with Crippen molar-refractivity contribution in [3.63, 3.8) is 0 Å². The smallest absolute Gasteiger partial charge is 0.726 e. The Bertz CT molecular complexity index is 755. The molecule has 0 unspecified atom stereocenters. The maximum atomic E-state index is 11.3. The van der Waals surface area contributed by atoms with Gasteiger partial charge in [-0.3, -0.25) is 8.98 Å². The van der Waals surface area contributed by atoms with Gasteiger partial charge in [-0.25, -0.2) is 8.42 Å². The van der Waals surface area contributed by atoms with Crippen LogP contribution in [0.4, 0.5) is 5.69 Å². The minimum absolute atomic E-state index is 0. The number of hydrogen-bond donors (Lipinski definition) is 4. The number of ether oxygens (including phenoxy) is 1. The van der Waals surface area contributed by atoms with Crippen molar-refractivity contribution in [2.24, 2.45) is 0 Å². The topological polar surface area (TPSA) is 165 Å². The van der Waals surface area contributed by atoms with Gasteiger partial charge in [0.05, 0.1) is 6.61 Å². The summed E-state index contributed by atoms with van der Waals surface area (Å²) in [7, 11) is -5.21. The number of carbonyl (C=O) groups excluding carboxylic acids is 1. The van der Waals surface area contributed by atoms with Gasteiger partial charge in [0, 0.05) is 5.69 Å². The van der Waals surface area contributed by atoms with E-state index >= 15 is 0 Å². The predicted octanol–water partition coefficient (Wildman–Crippen LogP) is -4.19. The molecule has 10 nitrogen and oxygen atoms in total. The average Bonchev–Trinajstić information content (AvgIpc) is 2.59. The number of amides is 1. The van der Waals surface area contributed by atoms with Crippen LogP contribution in [0.25, 0.3) is 0 Å². The molecule has 4 N–H and O–H groups in total. The molecule has 0 radical (unpaired) electrons. The third-order valence-corrected chi connectivity index (χ3v) is 4.24. The third kappa shape index (κ3) is 6.32. The first kappa shape index (κ1) is 24.2. The van der Waals surface area contributed by atoms with Gasteiger partial charge in [0.25, 0.3) is 0 Å². The Morgan fingerprint density at radius 1 is 1.30 bits per heavy atom. The second-order valence-corrected chi connectivity index (χ2v) is 6.55. The number of nitrogens with one attached hydrogen (secondary N) is 1. The summed E-state index contributed by atoms with van der Waals surface area (Å²) in [5, 5.41) is 32.1. The van der Waals surface area contributed by atoms with Crippen molar-refractivity contribution in [1.82, 2.24) is 0 Å². The number of anilines is 1. The summed E-state index contributed by atoms with van der Waals surface area (Å²) in [5.74, 6) is -0.427. The molecule has 1 aliphatic rings. The van der Waals surface area contributed by atoms with Gasteiger partial charge in [-0.15, -0.1) is 0 Å². The van der Waals surface area contributed by atoms with Gasteiger partial charge in [-0.1, -0.05) is 18.7 Å². The van der Waals surface area contributed by atoms with Crippen molar-refractivity contribution in [2.45, 2.75) is 30.5 Å². The standard InChI is InChI=1S/C15H19NO9S.Na/c1-2-11(18)16-9-5-3-8(4-6-9)14-13(20)15(25-26(21,22)23)12(19)10(7-17)24-14;/h2-6,10,12-15,17,19-20H,1,7H2,(H,16,18)(H,21,22,23);/q;+1/p-1/t10-,12+,13+,14+,15+;/m1./s1. The molecule has 1 fully saturated rings. The van der Waals surface area contributed by atoms with Gasteiger partial charge < -0.3 is 29.9 Å². The summed E-state index contributed by atoms with van der Waals surface area (Å²) >= 11 is 0. The maximum absolute atomic E-state index is 11.3. The Hall–Kier alpha value is -0.860. The summed E-state index contributed by atoms with van der Waals surface area (Å²) < 4.78 is 42.2. The second kappa shape index (κ2) is 10.1. The largest absolute Gasteiger partial charge is 1.00 e. The summed E-state index contributed by atoms with van der Waals surface area (Å²) in [6.07, 6.45) is -6.64. The Morgan fingerprint density at radius 3 is 2.37 bits per heavy atom. The molecule has 0 saturated carbocycles. The van der Waals surface area contributed by atoms with Crippen LogP contribution in [0.5, 0.6) is 0 Å². The summed E-state index contributed by atoms with van der Waals surface area (Å²) in [6, 6.07) is 5.93. The number of hydrogen-bond acceptors (Lipinski definition) is 9. The van der Waals surface area contributed by atoms with Crippen LogP contribution < -0.4 is 34.9 Å². The molecule has 1 aromatic carbocycles. The average molecular weight is 411 g/mol. The van der Waals surface area contributed by atoms with E-state index in [1.165, 1.54) is 24.3 Å². The molecule has 5 atom stereocenters. The number of benzene rings is 1. The van der Waals surface area contributed by atoms with Gasteiger partial charge in [0.1, 0.15) is 30.5 Å². The zero-order valence-corrected chi connectivity index (χ0v) is 17.2. The monoisotopic (exact) mass is 411 g/mol. The summed E-state index contributed by atoms with van der Waals surface area (Å²) in [4.78, 5) is 11.3. The van der Waals surface area contributed by atoms with Crippen LogP contribution in [0, 0.1) is 0 Å². The van der Waals surface area contributed by atoms with E-state index in [-0.39, 0.29) is 29.6 Å². The molecule has 144 valence electrons. The molecule has 0 spiro atoms. The van der Waals surface area contributed by atoms with E-state index in [0.717, 1.165) is 6.08 Å². The van der Waals surface area contributed by atoms with E-state index in [4.69, 9.17) is 4.74 Å². The van der Waals surface area contributed by atoms with Gasteiger partial charge in [-0.05, 0) is 23.8 Å². The van der Waals surface area contributed by atoms with Crippen LogP contribution in [-0.4, -0.2) is 65.2 Å². The normalized spacial score (nSPS) is 28.1. The van der Waals surface area contributed by atoms with Crippen LogP contribution in [-0.2, 0) is 24.1 Å². The van der Waals surface area contributed by atoms with Crippen LogP contribution in [0.2, 0.25) is 0 Å². The SMILES string of the molecule is C=CC(=O)Nc1ccc([C@@H]2O[C@H](CO)[C@H](O)[C@H](OS(=O)(=O)[O-])[C@H]2O)cc1.[Na+]. The van der Waals surface area contributed by atoms with E-state index in [9.17, 15) is 33.1 Å². The molecule has 1 saturated heterocycles. The fraction of sp³-hybridized carbons (Fsp3) is 0.400. The molecular weight excluding hydrogens is 393 g/mol. The van der Waals surface area contributed by atoms with E-state index in [1.807, 2.05) is 0 Å². The van der Waals surface area contributed by atoms with Crippen molar-refractivity contribution in [3.8, 4) is 0 Å². The van der Waals surface area contributed by atoms with Gasteiger partial charge >= 0.3 is 29.6 Å². The van der Waals surface area contributed by atoms with E-state index in [0.29, 0.717) is 11.3 Å². The maximum Gasteiger partial charge on any atom is 1.00 e. The molecule has 1 heterocycles. The quantitative estimate of drug-likeness (QED) is 0.157. The van der Waals surface area contributed by atoms with Crippen molar-refractivity contribution in [3.05, 3.63) is 42.5 Å². The zero-order valence-electron chi connectivity index (χ0n) is 14.4. The Balaban J connectivity index is 0.00000364. The summed E-state index contributed by atoms with van der Waals surface area (Å²) in [5.41, 5.74) is 0.772. The van der Waals surface area contributed by atoms with E-state index in [2.05, 4.69) is 16.1 Å². The first-order valence-electron chi connectivity index (χ1n) is 7.46. The Labute approximate surface area is 178 Å². The minimum atomic E-state index is -5.21. The molecular formula is C15H18NNaO9S. The van der Waals surface area contributed by atoms with Crippen molar-refractivity contribution in [2.75, 3.05) is 11.9 Å². The van der Waals surface area contributed by atoms with Gasteiger partial charge in [-0.2, -0.15) is 0 Å². The number of aliphatic hydroxyl groups excluding tert-OH is 3. The minimum Gasteiger partial charge on any atom is -0.726 e. The molecule has 1 amide bonds. The first-order valence-corrected chi connectivity index (χ1v) is 8.79. The molecule has 2 rings (SSSR count). The molecule has 27 heavy (non-hydrogen) atoms. The Kier molecular flexibility index (Phi) is 9.02. The van der Waals surface area contributed by atoms with Gasteiger partial charge in [0.2, 0.25) is 16.3 Å². The number of aliphatic hydroxyl groups is 3. The fourth-order valence-corrected chi connectivity index (χ4v) is 3.06. The molecule has 12 heteroatoms. The summed E-state index contributed by atoms with van der Waals surface area (Å²) in [6.45, 7) is 2.62. The van der Waals surface area contributed by atoms with E-state index < -0.39 is 53.4 Å². The number of rotatable bonds is 6. The van der Waals surface area contributed by atoms with Crippen molar-refractivity contribution in [1.29, 1.82) is 0 Å². The van der Waals surface area contributed by atoms with Crippen LogP contribution >= 0.6 is 0 Å². The molecule has 0 aromatic heterocycles. The zero-order chi connectivity index (χ0) is 19.5.